The van der Waals surface area contributed by atoms with Gasteiger partial charge in [-0.2, -0.15) is 5.10 Å². The highest BCUT2D eigenvalue weighted by molar-refractivity contribution is 5.24. The van der Waals surface area contributed by atoms with E-state index in [0.29, 0.717) is 6.54 Å². The summed E-state index contributed by atoms with van der Waals surface area (Å²) in [5, 5.41) is 13.5. The molecule has 1 unspecified atom stereocenters. The molecule has 4 nitrogen and oxygen atoms in total. The third-order valence-corrected chi connectivity index (χ3v) is 4.17. The van der Waals surface area contributed by atoms with E-state index >= 15 is 0 Å². The largest absolute Gasteiger partial charge is 0.394 e. The molecule has 2 rings (SSSR count). The zero-order chi connectivity index (χ0) is 13.1. The van der Waals surface area contributed by atoms with Gasteiger partial charge < -0.3 is 5.11 Å². The van der Waals surface area contributed by atoms with Gasteiger partial charge in [0.1, 0.15) is 0 Å². The lowest BCUT2D eigenvalue weighted by Crippen LogP contribution is -2.20. The van der Waals surface area contributed by atoms with E-state index in [1.807, 2.05) is 4.68 Å². The Morgan fingerprint density at radius 3 is 2.78 bits per heavy atom. The van der Waals surface area contributed by atoms with Crippen LogP contribution in [0.5, 0.6) is 0 Å². The molecule has 2 heterocycles. The molecule has 18 heavy (non-hydrogen) atoms. The van der Waals surface area contributed by atoms with Gasteiger partial charge in [-0.3, -0.25) is 9.58 Å². The van der Waals surface area contributed by atoms with E-state index in [-0.39, 0.29) is 6.61 Å². The minimum Gasteiger partial charge on any atom is -0.394 e. The number of nitrogens with zero attached hydrogens (tertiary/aromatic N) is 3. The molecule has 1 atom stereocenters. The van der Waals surface area contributed by atoms with Crippen LogP contribution in [0.25, 0.3) is 0 Å². The van der Waals surface area contributed by atoms with Crippen molar-refractivity contribution in [3.63, 3.8) is 0 Å². The fraction of sp³-hybridized carbons (Fsp3) is 0.786. The number of aliphatic hydroxyl groups is 1. The topological polar surface area (TPSA) is 41.3 Å². The van der Waals surface area contributed by atoms with E-state index in [9.17, 15) is 0 Å². The highest BCUT2D eigenvalue weighted by Crippen LogP contribution is 2.23. The van der Waals surface area contributed by atoms with Gasteiger partial charge >= 0.3 is 0 Å². The monoisotopic (exact) mass is 251 g/mol. The van der Waals surface area contributed by atoms with Gasteiger partial charge in [-0.25, -0.2) is 0 Å². The Balaban J connectivity index is 2.05. The Hall–Kier alpha value is -0.870. The van der Waals surface area contributed by atoms with Crippen molar-refractivity contribution < 1.29 is 5.11 Å². The van der Waals surface area contributed by atoms with Crippen LogP contribution in [-0.4, -0.2) is 39.5 Å². The Morgan fingerprint density at radius 1 is 1.39 bits per heavy atom. The number of aromatic nitrogens is 2. The molecular weight excluding hydrogens is 226 g/mol. The summed E-state index contributed by atoms with van der Waals surface area (Å²) >= 11 is 0. The molecule has 1 saturated heterocycles. The second kappa shape index (κ2) is 5.85. The van der Waals surface area contributed by atoms with E-state index in [2.05, 4.69) is 30.8 Å². The van der Waals surface area contributed by atoms with Crippen LogP contribution in [0.3, 0.4) is 0 Å². The molecule has 1 N–H and O–H groups in total. The smallest absolute Gasteiger partial charge is 0.0644 e. The number of aryl methyl sites for hydroxylation is 1. The van der Waals surface area contributed by atoms with Crippen LogP contribution in [0, 0.1) is 19.8 Å². The van der Waals surface area contributed by atoms with E-state index in [4.69, 9.17) is 5.11 Å². The summed E-state index contributed by atoms with van der Waals surface area (Å²) in [7, 11) is 0. The van der Waals surface area contributed by atoms with Crippen molar-refractivity contribution in [3.8, 4) is 0 Å². The fourth-order valence-corrected chi connectivity index (χ4v) is 2.89. The molecule has 1 aromatic rings. The Labute approximate surface area is 110 Å². The molecule has 0 aliphatic carbocycles. The van der Waals surface area contributed by atoms with Crippen LogP contribution in [-0.2, 0) is 13.1 Å². The van der Waals surface area contributed by atoms with E-state index in [0.717, 1.165) is 18.2 Å². The summed E-state index contributed by atoms with van der Waals surface area (Å²) in [6, 6.07) is 0. The van der Waals surface area contributed by atoms with Crippen molar-refractivity contribution in [2.45, 2.75) is 46.7 Å². The zero-order valence-electron chi connectivity index (χ0n) is 11.8. The molecule has 0 aromatic carbocycles. The molecule has 0 radical (unpaired) electrons. The molecule has 1 fully saturated rings. The number of likely N-dealkylation sites (tertiary alicyclic amines) is 1. The molecule has 4 heteroatoms. The van der Waals surface area contributed by atoms with E-state index < -0.39 is 0 Å². The lowest BCUT2D eigenvalue weighted by molar-refractivity contribution is 0.267. The minimum absolute atomic E-state index is 0.156. The second-order valence-electron chi connectivity index (χ2n) is 5.39. The van der Waals surface area contributed by atoms with E-state index in [1.165, 1.54) is 37.2 Å². The highest BCUT2D eigenvalue weighted by Gasteiger charge is 2.23. The lowest BCUT2D eigenvalue weighted by Gasteiger charge is -2.16. The summed E-state index contributed by atoms with van der Waals surface area (Å²) in [5.74, 6) is 0.873. The van der Waals surface area contributed by atoms with Gasteiger partial charge in [-0.05, 0) is 32.7 Å². The van der Waals surface area contributed by atoms with E-state index in [1.54, 1.807) is 0 Å². The average molecular weight is 251 g/mol. The molecule has 0 saturated carbocycles. The van der Waals surface area contributed by atoms with Crippen molar-refractivity contribution in [1.29, 1.82) is 0 Å². The van der Waals surface area contributed by atoms with Crippen LogP contribution in [0.4, 0.5) is 0 Å². The first kappa shape index (κ1) is 13.6. The number of hydrogen-bond acceptors (Lipinski definition) is 3. The predicted molar refractivity (Wildman–Crippen MR) is 72.5 cm³/mol. The third-order valence-electron chi connectivity index (χ3n) is 4.17. The predicted octanol–water partition coefficient (Wildman–Crippen LogP) is 1.72. The normalized spacial score (nSPS) is 20.8. The summed E-state index contributed by atoms with van der Waals surface area (Å²) in [5.41, 5.74) is 3.67. The highest BCUT2D eigenvalue weighted by atomic mass is 16.3. The molecule has 1 aliphatic heterocycles. The number of aliphatic hydroxyl groups excluding tert-OH is 1. The van der Waals surface area contributed by atoms with Crippen molar-refractivity contribution in [3.05, 3.63) is 17.0 Å². The number of rotatable bonds is 5. The van der Waals surface area contributed by atoms with Crippen molar-refractivity contribution in [1.82, 2.24) is 14.7 Å². The molecule has 102 valence electrons. The second-order valence-corrected chi connectivity index (χ2v) is 5.39. The molecule has 0 amide bonds. The Morgan fingerprint density at radius 2 is 2.17 bits per heavy atom. The van der Waals surface area contributed by atoms with Gasteiger partial charge in [-0.15, -0.1) is 0 Å². The standard InChI is InChI=1S/C14H25N3O/c1-4-13-5-6-16(9-13)10-14-11(2)15-17(7-8-18)12(14)3/h13,18H,4-10H2,1-3H3. The molecular formula is C14H25N3O. The Kier molecular flexibility index (Phi) is 4.40. The summed E-state index contributed by atoms with van der Waals surface area (Å²) in [6.07, 6.45) is 2.62. The lowest BCUT2D eigenvalue weighted by atomic mass is 10.1. The maximum atomic E-state index is 9.02. The summed E-state index contributed by atoms with van der Waals surface area (Å²) in [4.78, 5) is 2.54. The SMILES string of the molecule is CCC1CCN(Cc2c(C)nn(CCO)c2C)C1. The van der Waals surface area contributed by atoms with Gasteiger partial charge in [0, 0.05) is 24.3 Å². The van der Waals surface area contributed by atoms with Crippen LogP contribution in [0.15, 0.2) is 0 Å². The van der Waals surface area contributed by atoms with Crippen molar-refractivity contribution in [2.75, 3.05) is 19.7 Å². The quantitative estimate of drug-likeness (QED) is 0.866. The maximum absolute atomic E-state index is 9.02. The van der Waals surface area contributed by atoms with Gasteiger partial charge in [0.2, 0.25) is 0 Å². The maximum Gasteiger partial charge on any atom is 0.0644 e. The van der Waals surface area contributed by atoms with Gasteiger partial charge in [0.15, 0.2) is 0 Å². The van der Waals surface area contributed by atoms with Crippen molar-refractivity contribution >= 4 is 0 Å². The average Bonchev–Trinajstić information content (AvgIpc) is 2.91. The van der Waals surface area contributed by atoms with Crippen LogP contribution in [0.2, 0.25) is 0 Å². The summed E-state index contributed by atoms with van der Waals surface area (Å²) < 4.78 is 1.93. The first-order chi connectivity index (χ1) is 8.65. The van der Waals surface area contributed by atoms with Crippen LogP contribution in [0.1, 0.15) is 36.7 Å². The molecule has 1 aromatic heterocycles. The first-order valence-electron chi connectivity index (χ1n) is 7.01. The van der Waals surface area contributed by atoms with Gasteiger partial charge in [0.25, 0.3) is 0 Å². The van der Waals surface area contributed by atoms with Gasteiger partial charge in [-0.1, -0.05) is 13.3 Å². The zero-order valence-corrected chi connectivity index (χ0v) is 11.8. The summed E-state index contributed by atoms with van der Waals surface area (Å²) in [6.45, 7) is 10.7. The van der Waals surface area contributed by atoms with Crippen LogP contribution >= 0.6 is 0 Å². The number of hydrogen-bond donors (Lipinski definition) is 1. The fourth-order valence-electron chi connectivity index (χ4n) is 2.89. The Bertz CT molecular complexity index is 400. The van der Waals surface area contributed by atoms with Crippen molar-refractivity contribution in [2.24, 2.45) is 5.92 Å². The molecule has 0 bridgehead atoms. The molecule has 1 aliphatic rings. The van der Waals surface area contributed by atoms with Gasteiger partial charge in [0.05, 0.1) is 18.8 Å². The molecule has 0 spiro atoms. The third kappa shape index (κ3) is 2.75. The van der Waals surface area contributed by atoms with Crippen LogP contribution < -0.4 is 0 Å². The first-order valence-corrected chi connectivity index (χ1v) is 7.01. The minimum atomic E-state index is 0.156.